The number of ketones is 1. The molecule has 0 saturated carbocycles. The Morgan fingerprint density at radius 3 is 2.81 bits per heavy atom. The summed E-state index contributed by atoms with van der Waals surface area (Å²) in [5, 5.41) is 2.96. The van der Waals surface area contributed by atoms with Crippen LogP contribution >= 0.6 is 15.9 Å². The summed E-state index contributed by atoms with van der Waals surface area (Å²) in [6.45, 7) is 2.55. The van der Waals surface area contributed by atoms with E-state index in [1.165, 1.54) is 6.07 Å². The molecule has 0 aromatic heterocycles. The van der Waals surface area contributed by atoms with Crippen molar-refractivity contribution in [1.29, 1.82) is 0 Å². The molecule has 0 aliphatic heterocycles. The number of Topliss-reactive ketones (excluding diaryl/α,β-unsaturated/α-hetero) is 1. The summed E-state index contributed by atoms with van der Waals surface area (Å²) in [4.78, 5) is 11.7. The van der Waals surface area contributed by atoms with Crippen molar-refractivity contribution in [3.63, 3.8) is 0 Å². The van der Waals surface area contributed by atoms with Crippen LogP contribution in [0.4, 0.5) is 4.39 Å². The predicted octanol–water partition coefficient (Wildman–Crippen LogP) is 2.56. The third kappa shape index (κ3) is 3.68. The lowest BCUT2D eigenvalue weighted by atomic mass is 9.99. The number of benzene rings is 1. The van der Waals surface area contributed by atoms with Gasteiger partial charge in [0.05, 0.1) is 4.47 Å². The first-order chi connectivity index (χ1) is 7.54. The molecule has 0 bridgehead atoms. The van der Waals surface area contributed by atoms with Crippen molar-refractivity contribution in [3.05, 3.63) is 34.1 Å². The van der Waals surface area contributed by atoms with Gasteiger partial charge in [0.25, 0.3) is 0 Å². The number of hydrogen-bond donors (Lipinski definition) is 1. The SMILES string of the molecule is CNCC(C)C(=O)Cc1ccc(F)c(Br)c1. The molecule has 1 N–H and O–H groups in total. The predicted molar refractivity (Wildman–Crippen MR) is 65.9 cm³/mol. The Morgan fingerprint density at radius 1 is 1.56 bits per heavy atom. The van der Waals surface area contributed by atoms with E-state index in [-0.39, 0.29) is 17.5 Å². The monoisotopic (exact) mass is 287 g/mol. The van der Waals surface area contributed by atoms with Gasteiger partial charge in [-0.1, -0.05) is 13.0 Å². The van der Waals surface area contributed by atoms with E-state index in [1.54, 1.807) is 12.1 Å². The average Bonchev–Trinajstić information content (AvgIpc) is 2.24. The zero-order chi connectivity index (χ0) is 12.1. The van der Waals surface area contributed by atoms with Gasteiger partial charge in [-0.3, -0.25) is 4.79 Å². The fraction of sp³-hybridized carbons (Fsp3) is 0.417. The van der Waals surface area contributed by atoms with Gasteiger partial charge in [-0.15, -0.1) is 0 Å². The molecule has 0 aliphatic carbocycles. The van der Waals surface area contributed by atoms with Crippen LogP contribution in [0.5, 0.6) is 0 Å². The van der Waals surface area contributed by atoms with E-state index in [1.807, 2.05) is 14.0 Å². The lowest BCUT2D eigenvalue weighted by Gasteiger charge is -2.09. The van der Waals surface area contributed by atoms with Crippen LogP contribution < -0.4 is 5.32 Å². The molecule has 0 heterocycles. The summed E-state index contributed by atoms with van der Waals surface area (Å²) in [6, 6.07) is 4.67. The lowest BCUT2D eigenvalue weighted by molar-refractivity contribution is -0.121. The molecule has 0 radical (unpaired) electrons. The standard InChI is InChI=1S/C12H15BrFNO/c1-8(7-15-2)12(16)6-9-3-4-11(14)10(13)5-9/h3-5,8,15H,6-7H2,1-2H3. The van der Waals surface area contributed by atoms with E-state index in [2.05, 4.69) is 21.2 Å². The smallest absolute Gasteiger partial charge is 0.141 e. The second-order valence-electron chi connectivity index (χ2n) is 3.85. The Balaban J connectivity index is 2.66. The van der Waals surface area contributed by atoms with Gasteiger partial charge < -0.3 is 5.32 Å². The zero-order valence-corrected chi connectivity index (χ0v) is 11.0. The van der Waals surface area contributed by atoms with E-state index in [0.29, 0.717) is 17.4 Å². The normalized spacial score (nSPS) is 12.5. The van der Waals surface area contributed by atoms with Crippen LogP contribution in [0, 0.1) is 11.7 Å². The van der Waals surface area contributed by atoms with Crippen molar-refractivity contribution >= 4 is 21.7 Å². The maximum atomic E-state index is 13.0. The number of halogens is 2. The van der Waals surface area contributed by atoms with Crippen LogP contribution in [0.25, 0.3) is 0 Å². The highest BCUT2D eigenvalue weighted by molar-refractivity contribution is 9.10. The van der Waals surface area contributed by atoms with Crippen molar-refractivity contribution in [3.8, 4) is 0 Å². The van der Waals surface area contributed by atoms with Crippen molar-refractivity contribution in [2.75, 3.05) is 13.6 Å². The zero-order valence-electron chi connectivity index (χ0n) is 9.39. The van der Waals surface area contributed by atoms with Crippen LogP contribution in [0.15, 0.2) is 22.7 Å². The molecule has 2 nitrogen and oxygen atoms in total. The van der Waals surface area contributed by atoms with Gasteiger partial charge in [0.15, 0.2) is 0 Å². The minimum Gasteiger partial charge on any atom is -0.319 e. The topological polar surface area (TPSA) is 29.1 Å². The first kappa shape index (κ1) is 13.3. The number of rotatable bonds is 5. The van der Waals surface area contributed by atoms with E-state index in [4.69, 9.17) is 0 Å². The number of carbonyl (C=O) groups is 1. The fourth-order valence-electron chi connectivity index (χ4n) is 1.45. The first-order valence-corrected chi connectivity index (χ1v) is 5.95. The van der Waals surface area contributed by atoms with E-state index in [9.17, 15) is 9.18 Å². The largest absolute Gasteiger partial charge is 0.319 e. The Labute approximate surface area is 103 Å². The molecule has 1 aromatic rings. The second kappa shape index (κ2) is 6.11. The average molecular weight is 288 g/mol. The molecular weight excluding hydrogens is 273 g/mol. The van der Waals surface area contributed by atoms with E-state index >= 15 is 0 Å². The van der Waals surface area contributed by atoms with E-state index in [0.717, 1.165) is 5.56 Å². The summed E-state index contributed by atoms with van der Waals surface area (Å²) in [7, 11) is 1.82. The molecule has 1 atom stereocenters. The minimum atomic E-state index is -0.306. The van der Waals surface area contributed by atoms with Crippen molar-refractivity contribution in [2.45, 2.75) is 13.3 Å². The van der Waals surface area contributed by atoms with Crippen LogP contribution in [0.1, 0.15) is 12.5 Å². The Hall–Kier alpha value is -0.740. The third-order valence-corrected chi connectivity index (χ3v) is 3.03. The Morgan fingerprint density at radius 2 is 2.25 bits per heavy atom. The van der Waals surface area contributed by atoms with Gasteiger partial charge in [0.2, 0.25) is 0 Å². The molecule has 88 valence electrons. The van der Waals surface area contributed by atoms with Gasteiger partial charge >= 0.3 is 0 Å². The Kier molecular flexibility index (Phi) is 5.09. The van der Waals surface area contributed by atoms with Gasteiger partial charge in [-0.05, 0) is 40.7 Å². The summed E-state index contributed by atoms with van der Waals surface area (Å²) in [6.07, 6.45) is 0.349. The van der Waals surface area contributed by atoms with Crippen molar-refractivity contribution in [2.24, 2.45) is 5.92 Å². The van der Waals surface area contributed by atoms with Crippen molar-refractivity contribution in [1.82, 2.24) is 5.32 Å². The molecule has 1 unspecified atom stereocenters. The maximum absolute atomic E-state index is 13.0. The molecule has 1 rings (SSSR count). The number of nitrogens with one attached hydrogen (secondary N) is 1. The maximum Gasteiger partial charge on any atom is 0.141 e. The van der Waals surface area contributed by atoms with Crippen molar-refractivity contribution < 1.29 is 9.18 Å². The summed E-state index contributed by atoms with van der Waals surface area (Å²) < 4.78 is 13.4. The molecular formula is C12H15BrFNO. The molecule has 0 saturated heterocycles. The highest BCUT2D eigenvalue weighted by atomic mass is 79.9. The summed E-state index contributed by atoms with van der Waals surface area (Å²) in [5.41, 5.74) is 0.834. The van der Waals surface area contributed by atoms with Crippen LogP contribution in [0.2, 0.25) is 0 Å². The van der Waals surface area contributed by atoms with Crippen LogP contribution in [0.3, 0.4) is 0 Å². The van der Waals surface area contributed by atoms with Gasteiger partial charge in [0.1, 0.15) is 11.6 Å². The summed E-state index contributed by atoms with van der Waals surface area (Å²) in [5.74, 6) is -0.166. The molecule has 0 amide bonds. The van der Waals surface area contributed by atoms with Crippen LogP contribution in [-0.4, -0.2) is 19.4 Å². The summed E-state index contributed by atoms with van der Waals surface area (Å²) >= 11 is 3.11. The number of hydrogen-bond acceptors (Lipinski definition) is 2. The first-order valence-electron chi connectivity index (χ1n) is 5.16. The van der Waals surface area contributed by atoms with E-state index < -0.39 is 0 Å². The molecule has 0 fully saturated rings. The van der Waals surface area contributed by atoms with Gasteiger partial charge in [-0.2, -0.15) is 0 Å². The Bertz CT molecular complexity index is 381. The van der Waals surface area contributed by atoms with Gasteiger partial charge in [0, 0.05) is 18.9 Å². The fourth-order valence-corrected chi connectivity index (χ4v) is 1.87. The third-order valence-electron chi connectivity index (χ3n) is 2.42. The number of carbonyl (C=O) groups excluding carboxylic acids is 1. The second-order valence-corrected chi connectivity index (χ2v) is 4.70. The molecule has 0 spiro atoms. The van der Waals surface area contributed by atoms with Crippen LogP contribution in [-0.2, 0) is 11.2 Å². The quantitative estimate of drug-likeness (QED) is 0.902. The lowest BCUT2D eigenvalue weighted by Crippen LogP contribution is -2.24. The molecule has 0 aliphatic rings. The highest BCUT2D eigenvalue weighted by Crippen LogP contribution is 2.17. The molecule has 16 heavy (non-hydrogen) atoms. The minimum absolute atomic E-state index is 0.0196. The highest BCUT2D eigenvalue weighted by Gasteiger charge is 2.13. The van der Waals surface area contributed by atoms with Gasteiger partial charge in [-0.25, -0.2) is 4.39 Å². The molecule has 4 heteroatoms. The molecule has 1 aromatic carbocycles.